The summed E-state index contributed by atoms with van der Waals surface area (Å²) < 4.78 is 15.1. The predicted molar refractivity (Wildman–Crippen MR) is 78.4 cm³/mol. The van der Waals surface area contributed by atoms with Gasteiger partial charge in [-0.15, -0.1) is 0 Å². The zero-order valence-corrected chi connectivity index (χ0v) is 11.1. The lowest BCUT2D eigenvalue weighted by molar-refractivity contribution is 0.626. The van der Waals surface area contributed by atoms with Crippen LogP contribution in [-0.4, -0.2) is 4.57 Å². The number of hydrogen-bond donors (Lipinski definition) is 0. The largest absolute Gasteiger partial charge is 0.343 e. The maximum absolute atomic E-state index is 13.2. The summed E-state index contributed by atoms with van der Waals surface area (Å²) in [6.07, 6.45) is 1.69. The Kier molecular flexibility index (Phi) is 3.25. The summed E-state index contributed by atoms with van der Waals surface area (Å²) in [5.41, 5.74) is 1.77. The number of nitriles is 1. The number of benzene rings is 2. The molecule has 0 saturated carbocycles. The van der Waals surface area contributed by atoms with Crippen LogP contribution < -0.4 is 5.43 Å². The van der Waals surface area contributed by atoms with Crippen LogP contribution in [0, 0.1) is 17.1 Å². The zero-order chi connectivity index (χ0) is 14.8. The average Bonchev–Trinajstić information content (AvgIpc) is 2.52. The molecule has 1 heterocycles. The molecule has 0 saturated heterocycles. The first-order chi connectivity index (χ1) is 10.2. The molecular weight excluding hydrogens is 267 g/mol. The molecule has 1 aromatic heterocycles. The Morgan fingerprint density at radius 2 is 1.95 bits per heavy atom. The fourth-order valence-corrected chi connectivity index (χ4v) is 2.37. The molecule has 2 aromatic carbocycles. The highest BCUT2D eigenvalue weighted by Crippen LogP contribution is 2.15. The molecule has 0 radical (unpaired) electrons. The monoisotopic (exact) mass is 278 g/mol. The molecule has 4 heteroatoms. The van der Waals surface area contributed by atoms with Crippen LogP contribution in [0.5, 0.6) is 0 Å². The van der Waals surface area contributed by atoms with Crippen LogP contribution in [0.3, 0.4) is 0 Å². The van der Waals surface area contributed by atoms with Gasteiger partial charge in [-0.1, -0.05) is 18.2 Å². The van der Waals surface area contributed by atoms with Gasteiger partial charge in [0.15, 0.2) is 5.43 Å². The second-order valence-corrected chi connectivity index (χ2v) is 4.74. The molecule has 0 unspecified atom stereocenters. The molecule has 3 aromatic rings. The molecule has 0 atom stereocenters. The lowest BCUT2D eigenvalue weighted by Gasteiger charge is -2.11. The summed E-state index contributed by atoms with van der Waals surface area (Å²) in [5, 5.41) is 9.73. The first-order valence-electron chi connectivity index (χ1n) is 6.46. The zero-order valence-electron chi connectivity index (χ0n) is 11.1. The van der Waals surface area contributed by atoms with Crippen molar-refractivity contribution in [1.29, 1.82) is 5.26 Å². The van der Waals surface area contributed by atoms with Crippen LogP contribution in [0.15, 0.2) is 59.5 Å². The van der Waals surface area contributed by atoms with Gasteiger partial charge in [-0.05, 0) is 29.8 Å². The van der Waals surface area contributed by atoms with Crippen molar-refractivity contribution in [3.8, 4) is 6.07 Å². The topological polar surface area (TPSA) is 45.8 Å². The Morgan fingerprint density at radius 1 is 1.14 bits per heavy atom. The third-order valence-corrected chi connectivity index (χ3v) is 3.42. The second kappa shape index (κ2) is 5.22. The Hall–Kier alpha value is -2.93. The molecule has 0 aliphatic carbocycles. The highest BCUT2D eigenvalue weighted by molar-refractivity contribution is 5.78. The van der Waals surface area contributed by atoms with Crippen LogP contribution in [0.2, 0.25) is 0 Å². The van der Waals surface area contributed by atoms with Gasteiger partial charge >= 0.3 is 0 Å². The van der Waals surface area contributed by atoms with Gasteiger partial charge in [-0.2, -0.15) is 5.26 Å². The minimum Gasteiger partial charge on any atom is -0.343 e. The molecule has 3 rings (SSSR count). The van der Waals surface area contributed by atoms with E-state index in [-0.39, 0.29) is 5.43 Å². The van der Waals surface area contributed by atoms with Crippen molar-refractivity contribution in [2.75, 3.05) is 0 Å². The minimum absolute atomic E-state index is 0.0403. The van der Waals surface area contributed by atoms with E-state index < -0.39 is 5.82 Å². The molecule has 0 amide bonds. The van der Waals surface area contributed by atoms with Crippen molar-refractivity contribution in [3.05, 3.63) is 81.9 Å². The maximum Gasteiger partial charge on any atom is 0.189 e. The van der Waals surface area contributed by atoms with Gasteiger partial charge in [0.25, 0.3) is 0 Å². The first kappa shape index (κ1) is 13.1. The number of aromatic nitrogens is 1. The minimum atomic E-state index is -0.430. The van der Waals surface area contributed by atoms with E-state index in [1.54, 1.807) is 18.3 Å². The highest BCUT2D eigenvalue weighted by Gasteiger charge is 2.07. The Labute approximate surface area is 120 Å². The van der Waals surface area contributed by atoms with E-state index in [0.717, 1.165) is 5.52 Å². The van der Waals surface area contributed by atoms with E-state index in [4.69, 9.17) is 5.26 Å². The number of rotatable bonds is 2. The smallest absolute Gasteiger partial charge is 0.189 e. The molecule has 3 nitrogen and oxygen atoms in total. The van der Waals surface area contributed by atoms with Gasteiger partial charge in [-0.25, -0.2) is 4.39 Å². The van der Waals surface area contributed by atoms with E-state index in [0.29, 0.717) is 23.1 Å². The summed E-state index contributed by atoms with van der Waals surface area (Å²) in [4.78, 5) is 11.8. The van der Waals surface area contributed by atoms with Gasteiger partial charge in [0.05, 0.1) is 17.1 Å². The van der Waals surface area contributed by atoms with Crippen molar-refractivity contribution in [3.63, 3.8) is 0 Å². The SMILES string of the molecule is N#Cc1cc(F)ccc1Cn1ccc(=O)c2ccccc21. The fraction of sp³-hybridized carbons (Fsp3) is 0.0588. The Balaban J connectivity index is 2.14. The number of fused-ring (bicyclic) bond motifs is 1. The average molecular weight is 278 g/mol. The second-order valence-electron chi connectivity index (χ2n) is 4.74. The first-order valence-corrected chi connectivity index (χ1v) is 6.46. The van der Waals surface area contributed by atoms with E-state index in [9.17, 15) is 9.18 Å². The van der Waals surface area contributed by atoms with E-state index in [1.165, 1.54) is 18.2 Å². The lowest BCUT2D eigenvalue weighted by Crippen LogP contribution is -2.09. The molecule has 102 valence electrons. The molecular formula is C17H11FN2O. The quantitative estimate of drug-likeness (QED) is 0.723. The molecule has 0 N–H and O–H groups in total. The van der Waals surface area contributed by atoms with Gasteiger partial charge in [0.2, 0.25) is 0 Å². The fourth-order valence-electron chi connectivity index (χ4n) is 2.37. The normalized spacial score (nSPS) is 10.5. The van der Waals surface area contributed by atoms with Crippen LogP contribution >= 0.6 is 0 Å². The maximum atomic E-state index is 13.2. The highest BCUT2D eigenvalue weighted by atomic mass is 19.1. The number of para-hydroxylation sites is 1. The third-order valence-electron chi connectivity index (χ3n) is 3.42. The molecule has 0 spiro atoms. The van der Waals surface area contributed by atoms with Crippen LogP contribution in [-0.2, 0) is 6.54 Å². The molecule has 21 heavy (non-hydrogen) atoms. The summed E-state index contributed by atoms with van der Waals surface area (Å²) in [6, 6.07) is 14.9. The molecule has 0 aliphatic heterocycles. The van der Waals surface area contributed by atoms with Gasteiger partial charge in [0, 0.05) is 24.2 Å². The third kappa shape index (κ3) is 2.41. The van der Waals surface area contributed by atoms with Crippen molar-refractivity contribution < 1.29 is 4.39 Å². The van der Waals surface area contributed by atoms with Crippen molar-refractivity contribution in [2.45, 2.75) is 6.54 Å². The lowest BCUT2D eigenvalue weighted by atomic mass is 10.1. The Bertz CT molecular complexity index is 922. The van der Waals surface area contributed by atoms with Crippen LogP contribution in [0.1, 0.15) is 11.1 Å². The number of halogens is 1. The van der Waals surface area contributed by atoms with Crippen molar-refractivity contribution in [1.82, 2.24) is 4.57 Å². The number of nitrogens with zero attached hydrogens (tertiary/aromatic N) is 2. The predicted octanol–water partition coefficient (Wildman–Crippen LogP) is 3.06. The Morgan fingerprint density at radius 3 is 2.76 bits per heavy atom. The standard InChI is InChI=1S/C17H11FN2O/c18-14-6-5-12(13(9-14)10-19)11-20-8-7-17(21)15-3-1-2-4-16(15)20/h1-9H,11H2. The van der Waals surface area contributed by atoms with Crippen LogP contribution in [0.25, 0.3) is 10.9 Å². The summed E-state index contributed by atoms with van der Waals surface area (Å²) in [6.45, 7) is 0.407. The van der Waals surface area contributed by atoms with Gasteiger partial charge in [0.1, 0.15) is 5.82 Å². The van der Waals surface area contributed by atoms with E-state index in [1.807, 2.05) is 28.8 Å². The molecule has 0 fully saturated rings. The van der Waals surface area contributed by atoms with E-state index >= 15 is 0 Å². The summed E-state index contributed by atoms with van der Waals surface area (Å²) >= 11 is 0. The number of hydrogen-bond acceptors (Lipinski definition) is 2. The van der Waals surface area contributed by atoms with Gasteiger partial charge < -0.3 is 4.57 Å². The van der Waals surface area contributed by atoms with Crippen molar-refractivity contribution in [2.24, 2.45) is 0 Å². The number of pyridine rings is 1. The summed E-state index contributed by atoms with van der Waals surface area (Å²) in [5.74, 6) is -0.430. The molecule has 0 bridgehead atoms. The van der Waals surface area contributed by atoms with Crippen LogP contribution in [0.4, 0.5) is 4.39 Å². The summed E-state index contributed by atoms with van der Waals surface area (Å²) in [7, 11) is 0. The van der Waals surface area contributed by atoms with E-state index in [2.05, 4.69) is 0 Å². The van der Waals surface area contributed by atoms with Gasteiger partial charge in [-0.3, -0.25) is 4.79 Å². The molecule has 0 aliphatic rings. The van der Waals surface area contributed by atoms with Crippen molar-refractivity contribution >= 4 is 10.9 Å².